The molecule has 1 N–H and O–H groups in total. The molecule has 4 heteroatoms. The lowest BCUT2D eigenvalue weighted by molar-refractivity contribution is 0.128. The Morgan fingerprint density at radius 3 is 2.64 bits per heavy atom. The number of benzene rings is 1. The Hall–Kier alpha value is -1.71. The minimum absolute atomic E-state index is 0.00836. The van der Waals surface area contributed by atoms with Gasteiger partial charge in [-0.1, -0.05) is 46.2 Å². The highest BCUT2D eigenvalue weighted by atomic mass is 16.5. The first-order chi connectivity index (χ1) is 11.8. The molecule has 2 bridgehead atoms. The first-order valence-corrected chi connectivity index (χ1v) is 9.56. The summed E-state index contributed by atoms with van der Waals surface area (Å²) < 4.78 is 5.69. The third-order valence-corrected chi connectivity index (χ3v) is 5.60. The summed E-state index contributed by atoms with van der Waals surface area (Å²) in [6.07, 6.45) is 5.64. The summed E-state index contributed by atoms with van der Waals surface area (Å²) in [6.45, 7) is 10.2. The number of nitrogens with zero attached hydrogens (tertiary/aromatic N) is 1. The second-order valence-corrected chi connectivity index (χ2v) is 9.01. The van der Waals surface area contributed by atoms with Gasteiger partial charge in [-0.25, -0.2) is 4.79 Å². The molecule has 2 fully saturated rings. The van der Waals surface area contributed by atoms with Crippen LogP contribution in [0.15, 0.2) is 24.3 Å². The second-order valence-electron chi connectivity index (χ2n) is 9.01. The summed E-state index contributed by atoms with van der Waals surface area (Å²) in [7, 11) is 0. The summed E-state index contributed by atoms with van der Waals surface area (Å²) in [6, 6.07) is 8.50. The van der Waals surface area contributed by atoms with E-state index in [1.807, 2.05) is 17.0 Å². The van der Waals surface area contributed by atoms with Crippen molar-refractivity contribution in [1.82, 2.24) is 10.2 Å². The summed E-state index contributed by atoms with van der Waals surface area (Å²) in [5, 5.41) is 2.93. The summed E-state index contributed by atoms with van der Waals surface area (Å²) >= 11 is 0. The van der Waals surface area contributed by atoms with Crippen LogP contribution in [0, 0.1) is 10.8 Å². The van der Waals surface area contributed by atoms with Crippen molar-refractivity contribution in [2.75, 3.05) is 13.3 Å². The van der Waals surface area contributed by atoms with Crippen LogP contribution in [0.5, 0.6) is 5.75 Å². The smallest absolute Gasteiger partial charge is 0.320 e. The Morgan fingerprint density at radius 2 is 1.96 bits per heavy atom. The molecule has 1 heterocycles. The molecule has 1 aliphatic carbocycles. The number of carbonyl (C=O) groups is 1. The molecule has 1 saturated heterocycles. The molecule has 1 aromatic rings. The maximum atomic E-state index is 12.6. The Kier molecular flexibility index (Phi) is 4.99. The second kappa shape index (κ2) is 6.89. The minimum Gasteiger partial charge on any atom is -0.473 e. The maximum Gasteiger partial charge on any atom is 0.320 e. The zero-order chi connectivity index (χ0) is 18.1. The van der Waals surface area contributed by atoms with Gasteiger partial charge in [-0.05, 0) is 54.2 Å². The molecule has 4 nitrogen and oxygen atoms in total. The van der Waals surface area contributed by atoms with Crippen molar-refractivity contribution in [3.05, 3.63) is 29.8 Å². The number of hydrogen-bond donors (Lipinski definition) is 1. The molecule has 2 unspecified atom stereocenters. The molecule has 0 aromatic heterocycles. The lowest BCUT2D eigenvalue weighted by atomic mass is 9.65. The normalized spacial score (nSPS) is 27.2. The number of likely N-dealkylation sites (tertiary alicyclic amines) is 1. The van der Waals surface area contributed by atoms with Crippen molar-refractivity contribution in [3.8, 4) is 5.75 Å². The molecule has 138 valence electrons. The number of urea groups is 1. The standard InChI is InChI=1S/C21H32N2O2/c1-5-6-16-7-9-18(10-8-16)25-15-22-19(24)23-14-21(4)12-17(23)11-20(2,3)13-21/h7-10,17H,5-6,11-15H2,1-4H3,(H,22,24). The molecule has 1 aliphatic heterocycles. The van der Waals surface area contributed by atoms with Gasteiger partial charge in [0.15, 0.2) is 6.73 Å². The molecule has 3 rings (SSSR count). The third-order valence-electron chi connectivity index (χ3n) is 5.60. The van der Waals surface area contributed by atoms with E-state index in [0.717, 1.165) is 38.0 Å². The lowest BCUT2D eigenvalue weighted by Gasteiger charge is -2.39. The van der Waals surface area contributed by atoms with Gasteiger partial charge < -0.3 is 15.0 Å². The highest BCUT2D eigenvalue weighted by Gasteiger charge is 2.50. The summed E-state index contributed by atoms with van der Waals surface area (Å²) in [4.78, 5) is 14.6. The molecular formula is C21H32N2O2. The molecule has 0 spiro atoms. The molecule has 2 aliphatic rings. The van der Waals surface area contributed by atoms with Gasteiger partial charge in [0, 0.05) is 12.6 Å². The van der Waals surface area contributed by atoms with Crippen LogP contribution in [0.4, 0.5) is 4.79 Å². The zero-order valence-electron chi connectivity index (χ0n) is 16.1. The van der Waals surface area contributed by atoms with E-state index in [4.69, 9.17) is 4.74 Å². The molecule has 1 saturated carbocycles. The van der Waals surface area contributed by atoms with E-state index in [0.29, 0.717) is 11.5 Å². The fraction of sp³-hybridized carbons (Fsp3) is 0.667. The van der Waals surface area contributed by atoms with Gasteiger partial charge in [-0.15, -0.1) is 0 Å². The highest BCUT2D eigenvalue weighted by molar-refractivity contribution is 5.75. The summed E-state index contributed by atoms with van der Waals surface area (Å²) in [5.74, 6) is 0.799. The Morgan fingerprint density at radius 1 is 1.24 bits per heavy atom. The van der Waals surface area contributed by atoms with Crippen molar-refractivity contribution >= 4 is 6.03 Å². The predicted octanol–water partition coefficient (Wildman–Crippen LogP) is 4.59. The third kappa shape index (κ3) is 4.28. The number of carbonyl (C=O) groups excluding carboxylic acids is 1. The molecule has 25 heavy (non-hydrogen) atoms. The van der Waals surface area contributed by atoms with Crippen LogP contribution in [0.3, 0.4) is 0 Å². The fourth-order valence-electron chi connectivity index (χ4n) is 5.02. The van der Waals surface area contributed by atoms with E-state index >= 15 is 0 Å². The molecule has 0 radical (unpaired) electrons. The SMILES string of the molecule is CCCc1ccc(OCNC(=O)N2CC3(C)CC2CC(C)(C)C3)cc1. The number of aryl methyl sites for hydroxylation is 1. The Balaban J connectivity index is 1.50. The average molecular weight is 344 g/mol. The van der Waals surface area contributed by atoms with Gasteiger partial charge in [0.2, 0.25) is 0 Å². The predicted molar refractivity (Wildman–Crippen MR) is 101 cm³/mol. The number of fused-ring (bicyclic) bond motifs is 2. The Labute approximate surface area is 151 Å². The van der Waals surface area contributed by atoms with Gasteiger partial charge in [0.25, 0.3) is 0 Å². The number of rotatable bonds is 5. The van der Waals surface area contributed by atoms with Crippen LogP contribution in [0.25, 0.3) is 0 Å². The number of ether oxygens (including phenoxy) is 1. The van der Waals surface area contributed by atoms with E-state index in [9.17, 15) is 4.79 Å². The topological polar surface area (TPSA) is 41.6 Å². The fourth-order valence-corrected chi connectivity index (χ4v) is 5.02. The quantitative estimate of drug-likeness (QED) is 0.794. The van der Waals surface area contributed by atoms with Crippen molar-refractivity contribution in [3.63, 3.8) is 0 Å². The van der Waals surface area contributed by atoms with Gasteiger partial charge in [0.05, 0.1) is 0 Å². The van der Waals surface area contributed by atoms with E-state index in [1.165, 1.54) is 12.0 Å². The van der Waals surface area contributed by atoms with E-state index in [2.05, 4.69) is 45.1 Å². The molecule has 1 aromatic carbocycles. The maximum absolute atomic E-state index is 12.6. The monoisotopic (exact) mass is 344 g/mol. The Bertz CT molecular complexity index is 611. The lowest BCUT2D eigenvalue weighted by Crippen LogP contribution is -2.44. The van der Waals surface area contributed by atoms with E-state index in [1.54, 1.807) is 0 Å². The number of amides is 2. The number of hydrogen-bond acceptors (Lipinski definition) is 2. The van der Waals surface area contributed by atoms with Gasteiger partial charge >= 0.3 is 6.03 Å². The van der Waals surface area contributed by atoms with Crippen molar-refractivity contribution < 1.29 is 9.53 Å². The van der Waals surface area contributed by atoms with Crippen molar-refractivity contribution in [2.24, 2.45) is 10.8 Å². The van der Waals surface area contributed by atoms with Crippen LogP contribution < -0.4 is 10.1 Å². The van der Waals surface area contributed by atoms with Crippen molar-refractivity contribution in [2.45, 2.75) is 65.8 Å². The van der Waals surface area contributed by atoms with Gasteiger partial charge in [0.1, 0.15) is 5.75 Å². The minimum atomic E-state index is 0.00836. The first-order valence-electron chi connectivity index (χ1n) is 9.56. The van der Waals surface area contributed by atoms with Gasteiger partial charge in [-0.2, -0.15) is 0 Å². The zero-order valence-corrected chi connectivity index (χ0v) is 16.1. The van der Waals surface area contributed by atoms with Crippen LogP contribution in [0.2, 0.25) is 0 Å². The molecule has 2 amide bonds. The largest absolute Gasteiger partial charge is 0.473 e. The van der Waals surface area contributed by atoms with Gasteiger partial charge in [-0.3, -0.25) is 0 Å². The average Bonchev–Trinajstić information content (AvgIpc) is 2.78. The van der Waals surface area contributed by atoms with E-state index in [-0.39, 0.29) is 18.2 Å². The van der Waals surface area contributed by atoms with Crippen LogP contribution >= 0.6 is 0 Å². The van der Waals surface area contributed by atoms with E-state index < -0.39 is 0 Å². The van der Waals surface area contributed by atoms with Crippen LogP contribution in [-0.2, 0) is 6.42 Å². The number of nitrogens with one attached hydrogen (secondary N) is 1. The highest BCUT2D eigenvalue weighted by Crippen LogP contribution is 2.52. The summed E-state index contributed by atoms with van der Waals surface area (Å²) in [5.41, 5.74) is 1.91. The molecular weight excluding hydrogens is 312 g/mol. The van der Waals surface area contributed by atoms with Crippen LogP contribution in [-0.4, -0.2) is 30.2 Å². The molecule has 2 atom stereocenters. The van der Waals surface area contributed by atoms with Crippen molar-refractivity contribution in [1.29, 1.82) is 0 Å². The van der Waals surface area contributed by atoms with Crippen LogP contribution in [0.1, 0.15) is 58.9 Å². The first kappa shape index (κ1) is 18.1.